The second-order valence-electron chi connectivity index (χ2n) is 5.25. The smallest absolute Gasteiger partial charge is 0.318 e. The largest absolute Gasteiger partial charge is 0.407 e. The summed E-state index contributed by atoms with van der Waals surface area (Å²) >= 11 is 1.98. The average Bonchev–Trinajstić information content (AvgIpc) is 2.99. The van der Waals surface area contributed by atoms with Gasteiger partial charge in [0.15, 0.2) is 0 Å². The number of anilines is 1. The van der Waals surface area contributed by atoms with Crippen LogP contribution in [0.15, 0.2) is 33.6 Å². The summed E-state index contributed by atoms with van der Waals surface area (Å²) in [6.45, 7) is 4.38. The van der Waals surface area contributed by atoms with Crippen molar-refractivity contribution >= 4 is 17.8 Å². The highest BCUT2D eigenvalue weighted by Crippen LogP contribution is 2.33. The maximum absolute atomic E-state index is 5.52. The van der Waals surface area contributed by atoms with E-state index in [4.69, 9.17) is 10.2 Å². The first-order chi connectivity index (χ1) is 10.3. The van der Waals surface area contributed by atoms with Crippen molar-refractivity contribution in [3.05, 3.63) is 35.7 Å². The molecule has 1 aromatic heterocycles. The lowest BCUT2D eigenvalue weighted by molar-refractivity contribution is 0.465. The first-order valence-electron chi connectivity index (χ1n) is 7.26. The summed E-state index contributed by atoms with van der Waals surface area (Å²) < 4.78 is 5.52. The number of benzene rings is 1. The third-order valence-electron chi connectivity index (χ3n) is 3.73. The van der Waals surface area contributed by atoms with Gasteiger partial charge in [0.1, 0.15) is 0 Å². The lowest BCUT2D eigenvalue weighted by Gasteiger charge is -2.30. The molecule has 0 bridgehead atoms. The second kappa shape index (κ2) is 6.49. The van der Waals surface area contributed by atoms with E-state index < -0.39 is 0 Å². The predicted molar refractivity (Wildman–Crippen MR) is 84.5 cm³/mol. The Morgan fingerprint density at radius 1 is 1.29 bits per heavy atom. The Bertz CT molecular complexity index is 593. The second-order valence-corrected chi connectivity index (χ2v) is 6.59. The Kier molecular flexibility index (Phi) is 4.45. The third kappa shape index (κ3) is 3.39. The zero-order chi connectivity index (χ0) is 14.7. The molecule has 0 amide bonds. The highest BCUT2D eigenvalue weighted by Gasteiger charge is 2.23. The molecule has 2 N–H and O–H groups in total. The molecule has 0 spiro atoms. The van der Waals surface area contributed by atoms with Crippen LogP contribution in [0.5, 0.6) is 0 Å². The molecule has 112 valence electrons. The molecule has 1 aliphatic heterocycles. The van der Waals surface area contributed by atoms with E-state index in [1.54, 1.807) is 0 Å². The number of aryl methyl sites for hydroxylation is 1. The predicted octanol–water partition coefficient (Wildman–Crippen LogP) is 2.60. The number of aromatic nitrogens is 2. The molecule has 1 fully saturated rings. The van der Waals surface area contributed by atoms with Crippen LogP contribution in [0, 0.1) is 6.92 Å². The fourth-order valence-electron chi connectivity index (χ4n) is 2.49. The van der Waals surface area contributed by atoms with E-state index >= 15 is 0 Å². The number of hydrogen-bond donors (Lipinski definition) is 1. The third-order valence-corrected chi connectivity index (χ3v) is 5.25. The van der Waals surface area contributed by atoms with Crippen LogP contribution in [0.25, 0.3) is 0 Å². The monoisotopic (exact) mass is 304 g/mol. The first kappa shape index (κ1) is 14.4. The SMILES string of the molecule is Cc1ccccc1SC1CCN(c2nnc(CN)o2)CC1. The van der Waals surface area contributed by atoms with Gasteiger partial charge >= 0.3 is 6.01 Å². The van der Waals surface area contributed by atoms with Crippen molar-refractivity contribution in [3.63, 3.8) is 0 Å². The van der Waals surface area contributed by atoms with Crippen molar-refractivity contribution in [3.8, 4) is 0 Å². The van der Waals surface area contributed by atoms with Crippen LogP contribution < -0.4 is 10.6 Å². The summed E-state index contributed by atoms with van der Waals surface area (Å²) in [5, 5.41) is 8.63. The summed E-state index contributed by atoms with van der Waals surface area (Å²) in [5.41, 5.74) is 6.85. The van der Waals surface area contributed by atoms with E-state index in [-0.39, 0.29) is 0 Å². The van der Waals surface area contributed by atoms with Gasteiger partial charge < -0.3 is 15.1 Å². The van der Waals surface area contributed by atoms with E-state index in [2.05, 4.69) is 46.3 Å². The summed E-state index contributed by atoms with van der Waals surface area (Å²) in [5.74, 6) is 0.501. The minimum atomic E-state index is 0.298. The van der Waals surface area contributed by atoms with Crippen LogP contribution in [0.4, 0.5) is 6.01 Å². The Hall–Kier alpha value is -1.53. The normalized spacial score (nSPS) is 16.4. The summed E-state index contributed by atoms with van der Waals surface area (Å²) in [7, 11) is 0. The molecule has 6 heteroatoms. The van der Waals surface area contributed by atoms with Crippen LogP contribution in [0.1, 0.15) is 24.3 Å². The van der Waals surface area contributed by atoms with Gasteiger partial charge in [0.05, 0.1) is 6.54 Å². The Morgan fingerprint density at radius 3 is 2.71 bits per heavy atom. The zero-order valence-electron chi connectivity index (χ0n) is 12.2. The highest BCUT2D eigenvalue weighted by molar-refractivity contribution is 8.00. The molecule has 0 aliphatic carbocycles. The van der Waals surface area contributed by atoms with Gasteiger partial charge in [0.25, 0.3) is 0 Å². The van der Waals surface area contributed by atoms with Crippen molar-refractivity contribution in [2.75, 3.05) is 18.0 Å². The van der Waals surface area contributed by atoms with E-state index in [1.165, 1.54) is 10.5 Å². The number of piperidine rings is 1. The van der Waals surface area contributed by atoms with E-state index in [0.717, 1.165) is 25.9 Å². The molecular weight excluding hydrogens is 284 g/mol. The lowest BCUT2D eigenvalue weighted by atomic mass is 10.1. The van der Waals surface area contributed by atoms with Gasteiger partial charge in [-0.1, -0.05) is 23.3 Å². The molecule has 21 heavy (non-hydrogen) atoms. The Balaban J connectivity index is 1.56. The molecule has 0 radical (unpaired) electrons. The zero-order valence-corrected chi connectivity index (χ0v) is 13.0. The molecule has 1 aliphatic rings. The van der Waals surface area contributed by atoms with Gasteiger partial charge in [-0.05, 0) is 31.4 Å². The highest BCUT2D eigenvalue weighted by atomic mass is 32.2. The summed E-state index contributed by atoms with van der Waals surface area (Å²) in [6.07, 6.45) is 2.25. The molecule has 5 nitrogen and oxygen atoms in total. The number of thioether (sulfide) groups is 1. The molecule has 2 heterocycles. The topological polar surface area (TPSA) is 68.2 Å². The van der Waals surface area contributed by atoms with Crippen LogP contribution in [0.3, 0.4) is 0 Å². The van der Waals surface area contributed by atoms with Gasteiger partial charge in [-0.25, -0.2) is 0 Å². The molecule has 1 aromatic carbocycles. The van der Waals surface area contributed by atoms with E-state index in [0.29, 0.717) is 23.7 Å². The quantitative estimate of drug-likeness (QED) is 0.936. The van der Waals surface area contributed by atoms with Gasteiger partial charge in [0.2, 0.25) is 5.89 Å². The number of nitrogens with zero attached hydrogens (tertiary/aromatic N) is 3. The first-order valence-corrected chi connectivity index (χ1v) is 8.14. The van der Waals surface area contributed by atoms with Crippen LogP contribution in [-0.2, 0) is 6.54 Å². The fourth-order valence-corrected chi connectivity index (χ4v) is 3.70. The minimum Gasteiger partial charge on any atom is -0.407 e. The van der Waals surface area contributed by atoms with Crippen molar-refractivity contribution in [1.82, 2.24) is 10.2 Å². The minimum absolute atomic E-state index is 0.298. The number of hydrogen-bond acceptors (Lipinski definition) is 6. The molecule has 0 unspecified atom stereocenters. The Morgan fingerprint density at radius 2 is 2.05 bits per heavy atom. The van der Waals surface area contributed by atoms with Crippen LogP contribution >= 0.6 is 11.8 Å². The average molecular weight is 304 g/mol. The summed E-state index contributed by atoms with van der Waals surface area (Å²) in [6, 6.07) is 9.18. The van der Waals surface area contributed by atoms with Crippen molar-refractivity contribution < 1.29 is 4.42 Å². The number of nitrogens with two attached hydrogens (primary N) is 1. The van der Waals surface area contributed by atoms with E-state index in [1.807, 2.05) is 11.8 Å². The van der Waals surface area contributed by atoms with Crippen LogP contribution in [-0.4, -0.2) is 28.5 Å². The maximum Gasteiger partial charge on any atom is 0.318 e. The maximum atomic E-state index is 5.52. The molecular formula is C15H20N4OS. The Labute approximate surface area is 128 Å². The van der Waals surface area contributed by atoms with E-state index in [9.17, 15) is 0 Å². The standard InChI is InChI=1S/C15H20N4OS/c1-11-4-2-3-5-13(11)21-12-6-8-19(9-7-12)15-18-17-14(10-16)20-15/h2-5,12H,6-10,16H2,1H3. The molecule has 3 rings (SSSR count). The van der Waals surface area contributed by atoms with Crippen molar-refractivity contribution in [1.29, 1.82) is 0 Å². The lowest BCUT2D eigenvalue weighted by Crippen LogP contribution is -2.35. The van der Waals surface area contributed by atoms with Gasteiger partial charge in [-0.2, -0.15) is 0 Å². The van der Waals surface area contributed by atoms with Gasteiger partial charge in [-0.3, -0.25) is 0 Å². The number of rotatable bonds is 4. The molecule has 0 saturated carbocycles. The van der Waals surface area contributed by atoms with Crippen LogP contribution in [0.2, 0.25) is 0 Å². The molecule has 1 saturated heterocycles. The molecule has 0 atom stereocenters. The van der Waals surface area contributed by atoms with Crippen molar-refractivity contribution in [2.24, 2.45) is 5.73 Å². The molecule has 2 aromatic rings. The van der Waals surface area contributed by atoms with Gasteiger partial charge in [0, 0.05) is 23.2 Å². The summed E-state index contributed by atoms with van der Waals surface area (Å²) in [4.78, 5) is 3.54. The van der Waals surface area contributed by atoms with Crippen molar-refractivity contribution in [2.45, 2.75) is 36.5 Å². The fraction of sp³-hybridized carbons (Fsp3) is 0.467. The van der Waals surface area contributed by atoms with Gasteiger partial charge in [-0.15, -0.1) is 16.9 Å².